The van der Waals surface area contributed by atoms with Crippen LogP contribution in [0.3, 0.4) is 0 Å². The third-order valence-corrected chi connectivity index (χ3v) is 4.35. The summed E-state index contributed by atoms with van der Waals surface area (Å²) in [4.78, 5) is 26.2. The van der Waals surface area contributed by atoms with Crippen molar-refractivity contribution in [3.63, 3.8) is 0 Å². The molecule has 1 fully saturated rings. The van der Waals surface area contributed by atoms with E-state index in [1.165, 1.54) is 0 Å². The van der Waals surface area contributed by atoms with Crippen molar-refractivity contribution in [2.24, 2.45) is 5.92 Å². The van der Waals surface area contributed by atoms with Crippen LogP contribution in [-0.2, 0) is 16.1 Å². The van der Waals surface area contributed by atoms with Crippen molar-refractivity contribution in [2.45, 2.75) is 39.4 Å². The average Bonchev–Trinajstić information content (AvgIpc) is 2.38. The minimum atomic E-state index is -0.534. The van der Waals surface area contributed by atoms with Gasteiger partial charge in [-0.1, -0.05) is 43.1 Å². The molecule has 4 nitrogen and oxygen atoms in total. The second-order valence-electron chi connectivity index (χ2n) is 5.59. The molecular weight excluding hydrogens is 311 g/mol. The lowest BCUT2D eigenvalue weighted by atomic mass is 9.96. The highest BCUT2D eigenvalue weighted by molar-refractivity contribution is 6.36. The van der Waals surface area contributed by atoms with Crippen molar-refractivity contribution in [2.75, 3.05) is 0 Å². The maximum atomic E-state index is 12.4. The number of benzene rings is 1. The van der Waals surface area contributed by atoms with Crippen molar-refractivity contribution in [3.05, 3.63) is 33.8 Å². The van der Waals surface area contributed by atoms with Crippen molar-refractivity contribution in [3.8, 4) is 0 Å². The normalized spacial score (nSPS) is 22.7. The lowest BCUT2D eigenvalue weighted by Gasteiger charge is -2.40. The van der Waals surface area contributed by atoms with Crippen molar-refractivity contribution >= 4 is 35.0 Å². The summed E-state index contributed by atoms with van der Waals surface area (Å²) >= 11 is 12.3. The Bertz CT molecular complexity index is 555. The summed E-state index contributed by atoms with van der Waals surface area (Å²) in [6, 6.07) is 4.16. The standard InChI is InChI=1S/C15H18Cl2N2O2/c1-8(2)13-14(20)18-9(3)15(21)19(13)7-10-11(16)5-4-6-12(10)17/h4-6,8-9,13H,7H2,1-3H3,(H,18,20). The van der Waals surface area contributed by atoms with Crippen LogP contribution in [0.4, 0.5) is 0 Å². The topological polar surface area (TPSA) is 49.4 Å². The van der Waals surface area contributed by atoms with Crippen LogP contribution in [0.15, 0.2) is 18.2 Å². The highest BCUT2D eigenvalue weighted by Crippen LogP contribution is 2.28. The molecule has 1 saturated heterocycles. The molecule has 0 bridgehead atoms. The predicted octanol–water partition coefficient (Wildman–Crippen LogP) is 2.86. The highest BCUT2D eigenvalue weighted by Gasteiger charge is 2.40. The first kappa shape index (κ1) is 16.1. The summed E-state index contributed by atoms with van der Waals surface area (Å²) in [5, 5.41) is 3.70. The van der Waals surface area contributed by atoms with Gasteiger partial charge in [0.15, 0.2) is 0 Å². The molecule has 1 heterocycles. The van der Waals surface area contributed by atoms with Gasteiger partial charge < -0.3 is 10.2 Å². The Kier molecular flexibility index (Phi) is 4.79. The second-order valence-corrected chi connectivity index (χ2v) is 6.40. The van der Waals surface area contributed by atoms with E-state index in [0.717, 1.165) is 0 Å². The lowest BCUT2D eigenvalue weighted by molar-refractivity contribution is -0.151. The molecule has 0 spiro atoms. The fourth-order valence-electron chi connectivity index (χ4n) is 2.58. The van der Waals surface area contributed by atoms with Gasteiger partial charge in [0, 0.05) is 22.2 Å². The minimum absolute atomic E-state index is 0.00251. The SMILES string of the molecule is CC1NC(=O)C(C(C)C)N(Cc2c(Cl)cccc2Cl)C1=O. The predicted molar refractivity (Wildman–Crippen MR) is 83.2 cm³/mol. The van der Waals surface area contributed by atoms with Crippen molar-refractivity contribution in [1.29, 1.82) is 0 Å². The summed E-state index contributed by atoms with van der Waals surface area (Å²) in [6.45, 7) is 5.74. The van der Waals surface area contributed by atoms with E-state index in [1.807, 2.05) is 13.8 Å². The van der Waals surface area contributed by atoms with Gasteiger partial charge in [0.2, 0.25) is 11.8 Å². The number of hydrogen-bond donors (Lipinski definition) is 1. The molecule has 0 aliphatic carbocycles. The average molecular weight is 329 g/mol. The number of nitrogens with one attached hydrogen (secondary N) is 1. The molecule has 0 saturated carbocycles. The molecule has 1 aliphatic rings. The Morgan fingerprint density at radius 1 is 1.24 bits per heavy atom. The Balaban J connectivity index is 2.37. The van der Waals surface area contributed by atoms with Crippen LogP contribution in [0.5, 0.6) is 0 Å². The molecular formula is C15H18Cl2N2O2. The van der Waals surface area contributed by atoms with Crippen LogP contribution < -0.4 is 5.32 Å². The van der Waals surface area contributed by atoms with Crippen LogP contribution in [0.25, 0.3) is 0 Å². The van der Waals surface area contributed by atoms with Gasteiger partial charge in [0.25, 0.3) is 0 Å². The van der Waals surface area contributed by atoms with Gasteiger partial charge >= 0.3 is 0 Å². The molecule has 6 heteroatoms. The molecule has 1 aromatic carbocycles. The Hall–Kier alpha value is -1.26. The van der Waals surface area contributed by atoms with E-state index in [4.69, 9.17) is 23.2 Å². The van der Waals surface area contributed by atoms with E-state index < -0.39 is 12.1 Å². The third kappa shape index (κ3) is 3.16. The first-order valence-corrected chi connectivity index (χ1v) is 7.62. The van der Waals surface area contributed by atoms with Crippen molar-refractivity contribution in [1.82, 2.24) is 10.2 Å². The zero-order chi connectivity index (χ0) is 15.7. The van der Waals surface area contributed by atoms with Gasteiger partial charge in [-0.05, 0) is 25.0 Å². The number of carbonyl (C=O) groups is 2. The van der Waals surface area contributed by atoms with E-state index in [0.29, 0.717) is 15.6 Å². The Morgan fingerprint density at radius 2 is 1.81 bits per heavy atom. The first-order chi connectivity index (χ1) is 9.82. The van der Waals surface area contributed by atoms with E-state index in [1.54, 1.807) is 30.0 Å². The third-order valence-electron chi connectivity index (χ3n) is 3.64. The number of carbonyl (C=O) groups excluding carboxylic acids is 2. The number of rotatable bonds is 3. The van der Waals surface area contributed by atoms with Gasteiger partial charge in [-0.25, -0.2) is 0 Å². The van der Waals surface area contributed by atoms with E-state index >= 15 is 0 Å². The summed E-state index contributed by atoms with van der Waals surface area (Å²) in [5.41, 5.74) is 0.668. The molecule has 1 aromatic rings. The maximum Gasteiger partial charge on any atom is 0.245 e. The Labute approximate surface area is 134 Å². The van der Waals surface area contributed by atoms with Crippen LogP contribution in [-0.4, -0.2) is 28.8 Å². The van der Waals surface area contributed by atoms with Crippen LogP contribution >= 0.6 is 23.2 Å². The number of hydrogen-bond acceptors (Lipinski definition) is 2. The molecule has 1 N–H and O–H groups in total. The Morgan fingerprint density at radius 3 is 2.33 bits per heavy atom. The molecule has 0 radical (unpaired) electrons. The highest BCUT2D eigenvalue weighted by atomic mass is 35.5. The van der Waals surface area contributed by atoms with E-state index in [-0.39, 0.29) is 24.3 Å². The number of halogens is 2. The van der Waals surface area contributed by atoms with E-state index in [2.05, 4.69) is 5.32 Å². The number of piperazine rings is 1. The fraction of sp³-hybridized carbons (Fsp3) is 0.467. The van der Waals surface area contributed by atoms with Crippen LogP contribution in [0.2, 0.25) is 10.0 Å². The van der Waals surface area contributed by atoms with Gasteiger partial charge in [-0.2, -0.15) is 0 Å². The zero-order valence-corrected chi connectivity index (χ0v) is 13.7. The van der Waals surface area contributed by atoms with E-state index in [9.17, 15) is 9.59 Å². The van der Waals surface area contributed by atoms with Gasteiger partial charge in [-0.15, -0.1) is 0 Å². The molecule has 114 valence electrons. The fourth-order valence-corrected chi connectivity index (χ4v) is 3.10. The molecule has 2 unspecified atom stereocenters. The minimum Gasteiger partial charge on any atom is -0.343 e. The monoisotopic (exact) mass is 328 g/mol. The van der Waals surface area contributed by atoms with Crippen molar-refractivity contribution < 1.29 is 9.59 Å². The lowest BCUT2D eigenvalue weighted by Crippen LogP contribution is -2.63. The molecule has 0 aromatic heterocycles. The molecule has 2 amide bonds. The van der Waals surface area contributed by atoms with Gasteiger partial charge in [0.1, 0.15) is 12.1 Å². The zero-order valence-electron chi connectivity index (χ0n) is 12.2. The van der Waals surface area contributed by atoms with Crippen LogP contribution in [0, 0.1) is 5.92 Å². The molecule has 1 aliphatic heterocycles. The molecule has 2 atom stereocenters. The molecule has 2 rings (SSSR count). The second kappa shape index (κ2) is 6.24. The summed E-state index contributed by atoms with van der Waals surface area (Å²) < 4.78 is 0. The van der Waals surface area contributed by atoms with Gasteiger partial charge in [0.05, 0.1) is 0 Å². The summed E-state index contributed by atoms with van der Waals surface area (Å²) in [7, 11) is 0. The smallest absolute Gasteiger partial charge is 0.245 e. The number of nitrogens with zero attached hydrogens (tertiary/aromatic N) is 1. The quantitative estimate of drug-likeness (QED) is 0.927. The van der Waals surface area contributed by atoms with Crippen LogP contribution in [0.1, 0.15) is 26.3 Å². The first-order valence-electron chi connectivity index (χ1n) is 6.86. The summed E-state index contributed by atoms with van der Waals surface area (Å²) in [5.74, 6) is -0.257. The number of amides is 2. The van der Waals surface area contributed by atoms with Gasteiger partial charge in [-0.3, -0.25) is 9.59 Å². The maximum absolute atomic E-state index is 12.4. The molecule has 21 heavy (non-hydrogen) atoms. The largest absolute Gasteiger partial charge is 0.343 e. The summed E-state index contributed by atoms with van der Waals surface area (Å²) in [6.07, 6.45) is 0.